The molecule has 33 heavy (non-hydrogen) atoms. The highest BCUT2D eigenvalue weighted by Crippen LogP contribution is 2.38. The number of halogens is 1. The second kappa shape index (κ2) is 9.94. The smallest absolute Gasteiger partial charge is 0.357 e. The molecule has 3 aromatic carbocycles. The third kappa shape index (κ3) is 4.65. The number of rotatable bonds is 6. The van der Waals surface area contributed by atoms with Gasteiger partial charge in [-0.15, -0.1) is 0 Å². The van der Waals surface area contributed by atoms with E-state index in [4.69, 9.17) is 21.1 Å². The molecule has 0 saturated heterocycles. The van der Waals surface area contributed by atoms with Crippen LogP contribution in [0.1, 0.15) is 20.8 Å². The van der Waals surface area contributed by atoms with Crippen LogP contribution in [0.3, 0.4) is 0 Å². The van der Waals surface area contributed by atoms with Gasteiger partial charge < -0.3 is 9.47 Å². The molecule has 0 aliphatic rings. The molecule has 8 heteroatoms. The van der Waals surface area contributed by atoms with E-state index in [9.17, 15) is 9.59 Å². The van der Waals surface area contributed by atoms with Crippen molar-refractivity contribution in [1.82, 2.24) is 9.78 Å². The van der Waals surface area contributed by atoms with Crippen molar-refractivity contribution in [2.45, 2.75) is 9.79 Å². The summed E-state index contributed by atoms with van der Waals surface area (Å²) in [7, 11) is 2.52. The number of hydrogen-bond donors (Lipinski definition) is 0. The van der Waals surface area contributed by atoms with E-state index >= 15 is 0 Å². The average Bonchev–Trinajstić information content (AvgIpc) is 3.26. The number of aromatic nitrogens is 2. The van der Waals surface area contributed by atoms with E-state index in [2.05, 4.69) is 5.10 Å². The Labute approximate surface area is 200 Å². The summed E-state index contributed by atoms with van der Waals surface area (Å²) >= 11 is 7.51. The lowest BCUT2D eigenvalue weighted by atomic mass is 10.1. The van der Waals surface area contributed by atoms with Crippen molar-refractivity contribution < 1.29 is 19.1 Å². The fraction of sp³-hybridized carbons (Fsp3) is 0.0800. The number of ether oxygens (including phenoxy) is 2. The molecule has 0 saturated carbocycles. The normalized spacial score (nSPS) is 10.6. The van der Waals surface area contributed by atoms with Gasteiger partial charge in [0.2, 0.25) is 0 Å². The molecular weight excluding hydrogens is 460 g/mol. The summed E-state index contributed by atoms with van der Waals surface area (Å²) in [6, 6.07) is 24.0. The van der Waals surface area contributed by atoms with Crippen molar-refractivity contribution in [1.29, 1.82) is 0 Å². The van der Waals surface area contributed by atoms with Crippen LogP contribution in [0.5, 0.6) is 0 Å². The zero-order chi connectivity index (χ0) is 23.4. The van der Waals surface area contributed by atoms with Gasteiger partial charge in [0.15, 0.2) is 5.69 Å². The lowest BCUT2D eigenvalue weighted by Crippen LogP contribution is -2.15. The van der Waals surface area contributed by atoms with E-state index in [1.54, 1.807) is 12.1 Å². The van der Waals surface area contributed by atoms with Crippen LogP contribution in [0, 0.1) is 0 Å². The molecule has 1 aromatic heterocycles. The van der Waals surface area contributed by atoms with Gasteiger partial charge in [0.1, 0.15) is 11.3 Å². The van der Waals surface area contributed by atoms with E-state index in [1.807, 2.05) is 66.7 Å². The van der Waals surface area contributed by atoms with Crippen molar-refractivity contribution in [3.05, 3.63) is 95.1 Å². The minimum Gasteiger partial charge on any atom is -0.465 e. The number of benzene rings is 3. The summed E-state index contributed by atoms with van der Waals surface area (Å²) in [6.45, 7) is 0. The summed E-state index contributed by atoms with van der Waals surface area (Å²) in [5, 5.41) is 5.33. The van der Waals surface area contributed by atoms with E-state index < -0.39 is 11.9 Å². The fourth-order valence-corrected chi connectivity index (χ4v) is 4.40. The van der Waals surface area contributed by atoms with Gasteiger partial charge in [0.25, 0.3) is 0 Å². The van der Waals surface area contributed by atoms with Crippen LogP contribution in [0.2, 0.25) is 5.02 Å². The molecule has 0 fully saturated rings. The average molecular weight is 479 g/mol. The standard InChI is InChI=1S/C25H19ClN2O4S/c1-31-24(29)21-22(27-28(23(21)25(30)32-2)17-8-4-3-5-9-17)19-10-6-7-11-20(19)33-18-14-12-16(26)13-15-18/h3-15H,1-2H3. The summed E-state index contributed by atoms with van der Waals surface area (Å²) in [4.78, 5) is 27.5. The molecule has 0 aliphatic heterocycles. The second-order valence-electron chi connectivity index (χ2n) is 6.85. The highest BCUT2D eigenvalue weighted by molar-refractivity contribution is 7.99. The van der Waals surface area contributed by atoms with Gasteiger partial charge in [0.05, 0.1) is 19.9 Å². The number of methoxy groups -OCH3 is 2. The molecule has 4 rings (SSSR count). The first-order valence-electron chi connectivity index (χ1n) is 9.91. The van der Waals surface area contributed by atoms with Gasteiger partial charge in [-0.25, -0.2) is 14.3 Å². The minimum absolute atomic E-state index is 0.00292. The van der Waals surface area contributed by atoms with Crippen molar-refractivity contribution in [3.8, 4) is 16.9 Å². The van der Waals surface area contributed by atoms with E-state index in [-0.39, 0.29) is 11.3 Å². The molecule has 0 amide bonds. The summed E-state index contributed by atoms with van der Waals surface area (Å²) in [6.07, 6.45) is 0. The van der Waals surface area contributed by atoms with Gasteiger partial charge in [-0.2, -0.15) is 5.10 Å². The van der Waals surface area contributed by atoms with Crippen LogP contribution >= 0.6 is 23.4 Å². The molecule has 0 unspecified atom stereocenters. The number of para-hydroxylation sites is 1. The van der Waals surface area contributed by atoms with Crippen molar-refractivity contribution in [2.24, 2.45) is 0 Å². The summed E-state index contributed by atoms with van der Waals surface area (Å²) in [5.41, 5.74) is 1.65. The number of carbonyl (C=O) groups excluding carboxylic acids is 2. The second-order valence-corrected chi connectivity index (χ2v) is 8.41. The maximum atomic E-state index is 12.9. The first-order valence-corrected chi connectivity index (χ1v) is 11.1. The van der Waals surface area contributed by atoms with Gasteiger partial charge in [-0.1, -0.05) is 59.8 Å². The first-order chi connectivity index (χ1) is 16.0. The molecular formula is C25H19ClN2O4S. The zero-order valence-electron chi connectivity index (χ0n) is 17.8. The molecule has 0 aliphatic carbocycles. The molecule has 0 N–H and O–H groups in total. The van der Waals surface area contributed by atoms with Gasteiger partial charge in [0, 0.05) is 20.4 Å². The Morgan fingerprint density at radius 1 is 0.848 bits per heavy atom. The Kier molecular flexibility index (Phi) is 6.82. The highest BCUT2D eigenvalue weighted by atomic mass is 35.5. The SMILES string of the molecule is COC(=O)c1c(-c2ccccc2Sc2ccc(Cl)cc2)nn(-c2ccccc2)c1C(=O)OC. The largest absolute Gasteiger partial charge is 0.465 e. The van der Waals surface area contributed by atoms with Crippen LogP contribution in [0.15, 0.2) is 88.7 Å². The Hall–Kier alpha value is -3.55. The monoisotopic (exact) mass is 478 g/mol. The van der Waals surface area contributed by atoms with Crippen LogP contribution < -0.4 is 0 Å². The molecule has 4 aromatic rings. The fourth-order valence-electron chi connectivity index (χ4n) is 3.32. The molecule has 1 heterocycles. The Bertz CT molecular complexity index is 1300. The van der Waals surface area contributed by atoms with E-state index in [1.165, 1.54) is 30.7 Å². The summed E-state index contributed by atoms with van der Waals surface area (Å²) in [5.74, 6) is -1.38. The van der Waals surface area contributed by atoms with E-state index in [0.717, 1.165) is 9.79 Å². The van der Waals surface area contributed by atoms with Crippen molar-refractivity contribution in [3.63, 3.8) is 0 Å². The van der Waals surface area contributed by atoms with Gasteiger partial charge in [-0.3, -0.25) is 0 Å². The highest BCUT2D eigenvalue weighted by Gasteiger charge is 2.32. The van der Waals surface area contributed by atoms with Crippen LogP contribution in [-0.2, 0) is 9.47 Å². The number of nitrogens with zero attached hydrogens (tertiary/aromatic N) is 2. The number of esters is 2. The molecule has 0 radical (unpaired) electrons. The number of carbonyl (C=O) groups is 2. The third-order valence-electron chi connectivity index (χ3n) is 4.84. The zero-order valence-corrected chi connectivity index (χ0v) is 19.4. The number of hydrogen-bond acceptors (Lipinski definition) is 6. The molecule has 0 bridgehead atoms. The van der Waals surface area contributed by atoms with Crippen LogP contribution in [-0.4, -0.2) is 35.9 Å². The maximum absolute atomic E-state index is 12.9. The maximum Gasteiger partial charge on any atom is 0.357 e. The molecule has 6 nitrogen and oxygen atoms in total. The predicted molar refractivity (Wildman–Crippen MR) is 127 cm³/mol. The third-order valence-corrected chi connectivity index (χ3v) is 6.17. The van der Waals surface area contributed by atoms with Gasteiger partial charge in [-0.05, 0) is 42.5 Å². The lowest BCUT2D eigenvalue weighted by Gasteiger charge is -2.09. The lowest BCUT2D eigenvalue weighted by molar-refractivity contribution is 0.0549. The molecule has 0 spiro atoms. The first kappa shape index (κ1) is 22.6. The van der Waals surface area contributed by atoms with Crippen molar-refractivity contribution in [2.75, 3.05) is 14.2 Å². The Morgan fingerprint density at radius 3 is 2.15 bits per heavy atom. The quantitative estimate of drug-likeness (QED) is 0.320. The van der Waals surface area contributed by atoms with Crippen molar-refractivity contribution >= 4 is 35.3 Å². The van der Waals surface area contributed by atoms with Crippen LogP contribution in [0.4, 0.5) is 0 Å². The van der Waals surface area contributed by atoms with E-state index in [0.29, 0.717) is 22.0 Å². The summed E-state index contributed by atoms with van der Waals surface area (Å²) < 4.78 is 11.4. The van der Waals surface area contributed by atoms with Crippen LogP contribution in [0.25, 0.3) is 16.9 Å². The van der Waals surface area contributed by atoms with Gasteiger partial charge >= 0.3 is 11.9 Å². The Balaban J connectivity index is 1.95. The molecule has 0 atom stereocenters. The minimum atomic E-state index is -0.694. The molecule has 166 valence electrons. The Morgan fingerprint density at radius 2 is 1.48 bits per heavy atom. The topological polar surface area (TPSA) is 70.4 Å². The predicted octanol–water partition coefficient (Wildman–Crippen LogP) is 5.92.